The number of hydrogen-bond donors (Lipinski definition) is 0. The van der Waals surface area contributed by atoms with E-state index in [0.29, 0.717) is 43.9 Å². The van der Waals surface area contributed by atoms with Crippen molar-refractivity contribution in [2.45, 2.75) is 38.5 Å². The van der Waals surface area contributed by atoms with Crippen LogP contribution in [0.1, 0.15) is 24.0 Å². The lowest BCUT2D eigenvalue weighted by molar-refractivity contribution is -0.187. The lowest BCUT2D eigenvalue weighted by Gasteiger charge is -2.37. The van der Waals surface area contributed by atoms with Crippen molar-refractivity contribution in [1.29, 1.82) is 0 Å². The molecule has 0 bridgehead atoms. The van der Waals surface area contributed by atoms with Gasteiger partial charge < -0.3 is 9.80 Å². The van der Waals surface area contributed by atoms with E-state index in [2.05, 4.69) is 17.0 Å². The van der Waals surface area contributed by atoms with E-state index in [1.165, 1.54) is 11.1 Å². The SMILES string of the molecule is Cc1cccc(CN2CCN(C(=O)C3CCCN3C(=O)C(F)(F)F)CC2)c1. The molecular formula is C19H24F3N3O2. The third-order valence-corrected chi connectivity index (χ3v) is 5.21. The molecule has 2 saturated heterocycles. The fourth-order valence-corrected chi connectivity index (χ4v) is 3.84. The van der Waals surface area contributed by atoms with Gasteiger partial charge in [-0.3, -0.25) is 14.5 Å². The van der Waals surface area contributed by atoms with Crippen LogP contribution < -0.4 is 0 Å². The zero-order valence-electron chi connectivity index (χ0n) is 15.3. The first-order chi connectivity index (χ1) is 12.8. The van der Waals surface area contributed by atoms with Crippen LogP contribution in [0.4, 0.5) is 13.2 Å². The summed E-state index contributed by atoms with van der Waals surface area (Å²) in [4.78, 5) is 28.8. The van der Waals surface area contributed by atoms with E-state index >= 15 is 0 Å². The molecule has 1 atom stereocenters. The van der Waals surface area contributed by atoms with Gasteiger partial charge in [0, 0.05) is 39.3 Å². The molecular weight excluding hydrogens is 359 g/mol. The standard InChI is InChI=1S/C19H24F3N3O2/c1-14-4-2-5-15(12-14)13-23-8-10-24(11-9-23)17(26)16-6-3-7-25(16)18(27)19(20,21)22/h2,4-5,12,16H,3,6-11,13H2,1H3. The molecule has 8 heteroatoms. The lowest BCUT2D eigenvalue weighted by Crippen LogP contribution is -2.55. The summed E-state index contributed by atoms with van der Waals surface area (Å²) in [6, 6.07) is 7.25. The van der Waals surface area contributed by atoms with Crippen LogP contribution in [0.25, 0.3) is 0 Å². The van der Waals surface area contributed by atoms with Gasteiger partial charge in [0.05, 0.1) is 0 Å². The molecule has 2 heterocycles. The fraction of sp³-hybridized carbons (Fsp3) is 0.579. The second kappa shape index (κ2) is 7.88. The Bertz CT molecular complexity index is 700. The largest absolute Gasteiger partial charge is 0.471 e. The molecule has 148 valence electrons. The van der Waals surface area contributed by atoms with Crippen LogP contribution in [0.5, 0.6) is 0 Å². The van der Waals surface area contributed by atoms with E-state index < -0.39 is 18.1 Å². The van der Waals surface area contributed by atoms with Crippen molar-refractivity contribution in [2.75, 3.05) is 32.7 Å². The monoisotopic (exact) mass is 383 g/mol. The van der Waals surface area contributed by atoms with Crippen molar-refractivity contribution in [3.63, 3.8) is 0 Å². The van der Waals surface area contributed by atoms with Crippen LogP contribution in [-0.2, 0) is 16.1 Å². The second-order valence-electron chi connectivity index (χ2n) is 7.24. The Kier molecular flexibility index (Phi) is 5.74. The summed E-state index contributed by atoms with van der Waals surface area (Å²) in [6.45, 7) is 5.08. The molecule has 3 rings (SSSR count). The Labute approximate surface area is 156 Å². The van der Waals surface area contributed by atoms with Gasteiger partial charge in [-0.25, -0.2) is 0 Å². The van der Waals surface area contributed by atoms with Crippen LogP contribution in [-0.4, -0.2) is 71.5 Å². The van der Waals surface area contributed by atoms with Gasteiger partial charge in [-0.15, -0.1) is 0 Å². The highest BCUT2D eigenvalue weighted by molar-refractivity contribution is 5.90. The first-order valence-electron chi connectivity index (χ1n) is 9.20. The molecule has 0 N–H and O–H groups in total. The molecule has 2 aliphatic heterocycles. The zero-order valence-corrected chi connectivity index (χ0v) is 15.3. The van der Waals surface area contributed by atoms with Crippen molar-refractivity contribution in [1.82, 2.24) is 14.7 Å². The van der Waals surface area contributed by atoms with Crippen LogP contribution in [0, 0.1) is 6.92 Å². The molecule has 0 radical (unpaired) electrons. The average Bonchev–Trinajstić information content (AvgIpc) is 3.10. The quantitative estimate of drug-likeness (QED) is 0.804. The van der Waals surface area contributed by atoms with Crippen LogP contribution in [0.2, 0.25) is 0 Å². The molecule has 0 spiro atoms. The number of nitrogens with zero attached hydrogens (tertiary/aromatic N) is 3. The van der Waals surface area contributed by atoms with Gasteiger partial charge in [-0.05, 0) is 25.3 Å². The Morgan fingerprint density at radius 3 is 2.44 bits per heavy atom. The molecule has 0 aromatic heterocycles. The minimum Gasteiger partial charge on any atom is -0.338 e. The molecule has 2 amide bonds. The molecule has 27 heavy (non-hydrogen) atoms. The summed E-state index contributed by atoms with van der Waals surface area (Å²) >= 11 is 0. The van der Waals surface area contributed by atoms with Gasteiger partial charge in [0.15, 0.2) is 0 Å². The molecule has 0 saturated carbocycles. The van der Waals surface area contributed by atoms with Crippen LogP contribution >= 0.6 is 0 Å². The molecule has 2 fully saturated rings. The van der Waals surface area contributed by atoms with Crippen molar-refractivity contribution in [3.05, 3.63) is 35.4 Å². The Hall–Kier alpha value is -2.09. The minimum atomic E-state index is -4.94. The summed E-state index contributed by atoms with van der Waals surface area (Å²) in [7, 11) is 0. The number of likely N-dealkylation sites (tertiary alicyclic amines) is 1. The van der Waals surface area contributed by atoms with E-state index in [-0.39, 0.29) is 12.5 Å². The zero-order chi connectivity index (χ0) is 19.6. The second-order valence-corrected chi connectivity index (χ2v) is 7.24. The van der Waals surface area contributed by atoms with E-state index in [1.54, 1.807) is 4.90 Å². The van der Waals surface area contributed by atoms with Crippen LogP contribution in [0.15, 0.2) is 24.3 Å². The predicted molar refractivity (Wildman–Crippen MR) is 93.8 cm³/mol. The smallest absolute Gasteiger partial charge is 0.338 e. The molecule has 1 unspecified atom stereocenters. The Balaban J connectivity index is 1.56. The maximum Gasteiger partial charge on any atom is 0.471 e. The summed E-state index contributed by atoms with van der Waals surface area (Å²) in [5, 5.41) is 0. The highest BCUT2D eigenvalue weighted by atomic mass is 19.4. The average molecular weight is 383 g/mol. The van der Waals surface area contributed by atoms with Crippen molar-refractivity contribution in [3.8, 4) is 0 Å². The molecule has 5 nitrogen and oxygen atoms in total. The highest BCUT2D eigenvalue weighted by Gasteiger charge is 2.48. The van der Waals surface area contributed by atoms with E-state index in [9.17, 15) is 22.8 Å². The first kappa shape index (κ1) is 19.7. The number of carbonyl (C=O) groups is 2. The first-order valence-corrected chi connectivity index (χ1v) is 9.20. The Morgan fingerprint density at radius 2 is 1.81 bits per heavy atom. The van der Waals surface area contributed by atoms with Gasteiger partial charge in [-0.1, -0.05) is 29.8 Å². The minimum absolute atomic E-state index is 0.0118. The molecule has 1 aromatic rings. The fourth-order valence-electron chi connectivity index (χ4n) is 3.84. The number of carbonyl (C=O) groups excluding carboxylic acids is 2. The third kappa shape index (κ3) is 4.61. The summed E-state index contributed by atoms with van der Waals surface area (Å²) in [6.07, 6.45) is -4.22. The van der Waals surface area contributed by atoms with E-state index in [1.807, 2.05) is 19.1 Å². The number of halogens is 3. The number of amides is 2. The maximum absolute atomic E-state index is 12.7. The van der Waals surface area contributed by atoms with E-state index in [0.717, 1.165) is 6.54 Å². The Morgan fingerprint density at radius 1 is 1.11 bits per heavy atom. The van der Waals surface area contributed by atoms with Gasteiger partial charge in [-0.2, -0.15) is 13.2 Å². The summed E-state index contributed by atoms with van der Waals surface area (Å²) < 4.78 is 38.2. The van der Waals surface area contributed by atoms with Crippen molar-refractivity contribution < 1.29 is 22.8 Å². The highest BCUT2D eigenvalue weighted by Crippen LogP contribution is 2.27. The number of rotatable bonds is 3. The predicted octanol–water partition coefficient (Wildman–Crippen LogP) is 2.19. The number of aryl methyl sites for hydroxylation is 1. The van der Waals surface area contributed by atoms with Crippen LogP contribution in [0.3, 0.4) is 0 Å². The lowest BCUT2D eigenvalue weighted by atomic mass is 10.1. The number of alkyl halides is 3. The molecule has 1 aromatic carbocycles. The van der Waals surface area contributed by atoms with Gasteiger partial charge in [0.2, 0.25) is 5.91 Å². The number of benzene rings is 1. The molecule has 0 aliphatic carbocycles. The summed E-state index contributed by atoms with van der Waals surface area (Å²) in [5.74, 6) is -2.27. The van der Waals surface area contributed by atoms with Gasteiger partial charge >= 0.3 is 12.1 Å². The van der Waals surface area contributed by atoms with Gasteiger partial charge in [0.25, 0.3) is 0 Å². The van der Waals surface area contributed by atoms with Crippen molar-refractivity contribution >= 4 is 11.8 Å². The number of hydrogen-bond acceptors (Lipinski definition) is 3. The third-order valence-electron chi connectivity index (χ3n) is 5.21. The van der Waals surface area contributed by atoms with Crippen molar-refractivity contribution in [2.24, 2.45) is 0 Å². The molecule has 2 aliphatic rings. The summed E-state index contributed by atoms with van der Waals surface area (Å²) in [5.41, 5.74) is 2.39. The topological polar surface area (TPSA) is 43.9 Å². The van der Waals surface area contributed by atoms with Gasteiger partial charge in [0.1, 0.15) is 6.04 Å². The number of piperazine rings is 1. The maximum atomic E-state index is 12.7. The normalized spacial score (nSPS) is 21.6. The van der Waals surface area contributed by atoms with E-state index in [4.69, 9.17) is 0 Å².